The summed E-state index contributed by atoms with van der Waals surface area (Å²) >= 11 is 1.71. The van der Waals surface area contributed by atoms with Gasteiger partial charge in [-0.25, -0.2) is 0 Å². The van der Waals surface area contributed by atoms with Gasteiger partial charge in [-0.2, -0.15) is 0 Å². The largest absolute Gasteiger partial charge is 0.300 e. The fourth-order valence-electron chi connectivity index (χ4n) is 1.73. The highest BCUT2D eigenvalue weighted by molar-refractivity contribution is 8.00. The number of non-ortho nitro benzene ring substituents is 1. The minimum atomic E-state index is -0.416. The van der Waals surface area contributed by atoms with Crippen LogP contribution in [0.3, 0.4) is 0 Å². The van der Waals surface area contributed by atoms with E-state index in [-0.39, 0.29) is 21.5 Å². The molecule has 1 aromatic rings. The van der Waals surface area contributed by atoms with Gasteiger partial charge in [0, 0.05) is 28.6 Å². The Morgan fingerprint density at radius 3 is 2.21 bits per heavy atom. The average molecular weight is 281 g/mol. The second-order valence-corrected chi connectivity index (χ2v) is 7.50. The highest BCUT2D eigenvalue weighted by atomic mass is 32.2. The van der Waals surface area contributed by atoms with Crippen molar-refractivity contribution < 1.29 is 9.72 Å². The lowest BCUT2D eigenvalue weighted by Crippen LogP contribution is -2.13. The van der Waals surface area contributed by atoms with E-state index in [9.17, 15) is 14.9 Å². The molecule has 0 aliphatic carbocycles. The van der Waals surface area contributed by atoms with Crippen LogP contribution in [0, 0.1) is 10.1 Å². The van der Waals surface area contributed by atoms with E-state index in [1.807, 2.05) is 0 Å². The molecular weight excluding hydrogens is 262 g/mol. The summed E-state index contributed by atoms with van der Waals surface area (Å²) in [5.74, 6) is 0.125. The van der Waals surface area contributed by atoms with Crippen molar-refractivity contribution in [2.75, 3.05) is 0 Å². The van der Waals surface area contributed by atoms with E-state index in [0.29, 0.717) is 6.42 Å². The summed E-state index contributed by atoms with van der Waals surface area (Å²) in [6.07, 6.45) is 0.444. The second kappa shape index (κ2) is 6.19. The molecule has 1 rings (SSSR count). The summed E-state index contributed by atoms with van der Waals surface area (Å²) in [6, 6.07) is 6.46. The van der Waals surface area contributed by atoms with Crippen molar-refractivity contribution in [2.45, 2.75) is 44.1 Å². The molecule has 0 N–H and O–H groups in total. The van der Waals surface area contributed by atoms with Crippen molar-refractivity contribution in [1.29, 1.82) is 0 Å². The van der Waals surface area contributed by atoms with Crippen LogP contribution < -0.4 is 0 Å². The molecule has 19 heavy (non-hydrogen) atoms. The molecule has 0 aromatic heterocycles. The average Bonchev–Trinajstić information content (AvgIpc) is 2.25. The van der Waals surface area contributed by atoms with E-state index in [4.69, 9.17) is 0 Å². The minimum absolute atomic E-state index is 0.0297. The number of nitrogens with zero attached hydrogens (tertiary/aromatic N) is 1. The van der Waals surface area contributed by atoms with Gasteiger partial charge in [-0.3, -0.25) is 14.9 Å². The molecule has 0 spiro atoms. The first-order valence-electron chi connectivity index (χ1n) is 6.10. The maximum absolute atomic E-state index is 11.4. The van der Waals surface area contributed by atoms with Gasteiger partial charge >= 0.3 is 0 Å². The Balaban J connectivity index is 2.96. The van der Waals surface area contributed by atoms with Crippen LogP contribution in [0.15, 0.2) is 24.3 Å². The number of hydrogen-bond acceptors (Lipinski definition) is 4. The van der Waals surface area contributed by atoms with Crippen molar-refractivity contribution in [3.05, 3.63) is 39.9 Å². The van der Waals surface area contributed by atoms with E-state index < -0.39 is 4.92 Å². The van der Waals surface area contributed by atoms with Crippen molar-refractivity contribution in [1.82, 2.24) is 0 Å². The molecule has 4 nitrogen and oxygen atoms in total. The Labute approximate surface area is 117 Å². The van der Waals surface area contributed by atoms with Gasteiger partial charge in [0.15, 0.2) is 0 Å². The molecule has 0 saturated heterocycles. The third-order valence-corrected chi connectivity index (χ3v) is 3.87. The third kappa shape index (κ3) is 5.42. The summed E-state index contributed by atoms with van der Waals surface area (Å²) in [7, 11) is 0. The predicted octanol–water partition coefficient (Wildman–Crippen LogP) is 4.15. The number of benzene rings is 1. The minimum Gasteiger partial charge on any atom is -0.300 e. The number of thioether (sulfide) groups is 1. The summed E-state index contributed by atoms with van der Waals surface area (Å²) < 4.78 is 0.0297. The van der Waals surface area contributed by atoms with Crippen molar-refractivity contribution >= 4 is 23.2 Å². The number of nitro groups is 1. The van der Waals surface area contributed by atoms with E-state index in [1.165, 1.54) is 12.1 Å². The first-order chi connectivity index (χ1) is 8.69. The molecule has 0 bridgehead atoms. The molecule has 0 amide bonds. The molecule has 0 aliphatic rings. The zero-order valence-corrected chi connectivity index (χ0v) is 12.5. The maximum atomic E-state index is 11.4. The zero-order chi connectivity index (χ0) is 14.6. The van der Waals surface area contributed by atoms with Gasteiger partial charge in [0.1, 0.15) is 5.78 Å². The Morgan fingerprint density at radius 1 is 1.32 bits per heavy atom. The molecule has 0 fully saturated rings. The van der Waals surface area contributed by atoms with Gasteiger partial charge in [0.25, 0.3) is 5.69 Å². The molecule has 1 atom stereocenters. The molecule has 1 aromatic carbocycles. The second-order valence-electron chi connectivity index (χ2n) is 5.47. The van der Waals surface area contributed by atoms with Crippen LogP contribution in [0.5, 0.6) is 0 Å². The summed E-state index contributed by atoms with van der Waals surface area (Å²) in [4.78, 5) is 21.6. The van der Waals surface area contributed by atoms with E-state index in [0.717, 1.165) is 5.56 Å². The lowest BCUT2D eigenvalue weighted by atomic mass is 10.1. The van der Waals surface area contributed by atoms with Crippen LogP contribution in [0.1, 0.15) is 44.9 Å². The number of nitro benzene ring substituents is 1. The van der Waals surface area contributed by atoms with E-state index in [2.05, 4.69) is 20.8 Å². The summed E-state index contributed by atoms with van der Waals surface area (Å²) in [6.45, 7) is 7.85. The van der Waals surface area contributed by atoms with Crippen LogP contribution in [-0.4, -0.2) is 15.5 Å². The highest BCUT2D eigenvalue weighted by Crippen LogP contribution is 2.41. The van der Waals surface area contributed by atoms with Crippen molar-refractivity contribution in [3.63, 3.8) is 0 Å². The van der Waals surface area contributed by atoms with E-state index >= 15 is 0 Å². The van der Waals surface area contributed by atoms with Crippen LogP contribution >= 0.6 is 11.8 Å². The van der Waals surface area contributed by atoms with Crippen molar-refractivity contribution in [2.24, 2.45) is 0 Å². The number of hydrogen-bond donors (Lipinski definition) is 0. The first-order valence-corrected chi connectivity index (χ1v) is 6.98. The standard InChI is InChI=1S/C14H19NO3S/c1-10(16)9-13(19-14(2,3)4)11-5-7-12(8-6-11)15(17)18/h5-8,13H,9H2,1-4H3/t13-/m0/s1. The topological polar surface area (TPSA) is 60.2 Å². The van der Waals surface area contributed by atoms with Gasteiger partial charge in [-0.1, -0.05) is 32.9 Å². The number of Topliss-reactive ketones (excluding diaryl/α,β-unsaturated/α-hetero) is 1. The van der Waals surface area contributed by atoms with Crippen molar-refractivity contribution in [3.8, 4) is 0 Å². The van der Waals surface area contributed by atoms with Gasteiger partial charge in [-0.05, 0) is 12.5 Å². The van der Waals surface area contributed by atoms with Gasteiger partial charge < -0.3 is 0 Å². The molecule has 0 saturated carbocycles. The lowest BCUT2D eigenvalue weighted by Gasteiger charge is -2.25. The van der Waals surface area contributed by atoms with Crippen LogP contribution in [-0.2, 0) is 4.79 Å². The third-order valence-electron chi connectivity index (χ3n) is 2.44. The first kappa shape index (κ1) is 15.7. The zero-order valence-electron chi connectivity index (χ0n) is 11.7. The van der Waals surface area contributed by atoms with Crippen LogP contribution in [0.2, 0.25) is 0 Å². The van der Waals surface area contributed by atoms with E-state index in [1.54, 1.807) is 30.8 Å². The molecule has 5 heteroatoms. The quantitative estimate of drug-likeness (QED) is 0.601. The number of rotatable bonds is 5. The molecule has 0 heterocycles. The summed E-state index contributed by atoms with van der Waals surface area (Å²) in [5.41, 5.74) is 1.03. The number of carbonyl (C=O) groups excluding carboxylic acids is 1. The van der Waals surface area contributed by atoms with Gasteiger partial charge in [0.2, 0.25) is 0 Å². The normalized spacial score (nSPS) is 13.1. The van der Waals surface area contributed by atoms with Crippen LogP contribution in [0.4, 0.5) is 5.69 Å². The highest BCUT2D eigenvalue weighted by Gasteiger charge is 2.22. The smallest absolute Gasteiger partial charge is 0.269 e. The SMILES string of the molecule is CC(=O)C[C@H](SC(C)(C)C)c1ccc([N+](=O)[O-])cc1. The lowest BCUT2D eigenvalue weighted by molar-refractivity contribution is -0.384. The Hall–Kier alpha value is -1.36. The van der Waals surface area contributed by atoms with Crippen LogP contribution in [0.25, 0.3) is 0 Å². The molecule has 0 unspecified atom stereocenters. The number of ketones is 1. The Bertz CT molecular complexity index is 463. The molecular formula is C14H19NO3S. The Morgan fingerprint density at radius 2 is 1.84 bits per heavy atom. The maximum Gasteiger partial charge on any atom is 0.269 e. The predicted molar refractivity (Wildman–Crippen MR) is 78.5 cm³/mol. The monoisotopic (exact) mass is 281 g/mol. The molecule has 104 valence electrons. The van der Waals surface area contributed by atoms with Gasteiger partial charge in [-0.15, -0.1) is 11.8 Å². The van der Waals surface area contributed by atoms with Gasteiger partial charge in [0.05, 0.1) is 4.92 Å². The Kier molecular flexibility index (Phi) is 5.11. The molecule has 0 aliphatic heterocycles. The summed E-state index contributed by atoms with van der Waals surface area (Å²) in [5, 5.41) is 10.7. The fourth-order valence-corrected chi connectivity index (χ4v) is 3.19. The molecule has 0 radical (unpaired) electrons. The fraction of sp³-hybridized carbons (Fsp3) is 0.500. The number of carbonyl (C=O) groups is 1.